The van der Waals surface area contributed by atoms with Gasteiger partial charge in [0.25, 0.3) is 0 Å². The highest BCUT2D eigenvalue weighted by molar-refractivity contribution is 5.12. The Kier molecular flexibility index (Phi) is 5.58. The number of nitriles is 1. The lowest BCUT2D eigenvalue weighted by Gasteiger charge is -2.61. The lowest BCUT2D eigenvalue weighted by molar-refractivity contribution is -0.117. The van der Waals surface area contributed by atoms with Gasteiger partial charge in [0, 0.05) is 0 Å². The topological polar surface area (TPSA) is 23.8 Å². The van der Waals surface area contributed by atoms with Gasteiger partial charge in [-0.2, -0.15) is 5.26 Å². The van der Waals surface area contributed by atoms with Gasteiger partial charge >= 0.3 is 0 Å². The Bertz CT molecular complexity index is 505. The first-order chi connectivity index (χ1) is 12.0. The lowest BCUT2D eigenvalue weighted by Crippen LogP contribution is -2.53. The fourth-order valence-electron chi connectivity index (χ4n) is 8.05. The third kappa shape index (κ3) is 2.87. The molecule has 0 saturated heterocycles. The van der Waals surface area contributed by atoms with Gasteiger partial charge in [0.15, 0.2) is 0 Å². The second-order valence-corrected chi connectivity index (χ2v) is 10.0. The van der Waals surface area contributed by atoms with Gasteiger partial charge in [-0.1, -0.05) is 47.5 Å². The standard InChI is InChI=1S/C22H35N.C2H6/c1-4-15-5-6-16-7-9-18-19-10-8-17(14-23)21(19,2)12-11-20(18)22(16,3)13-15;1-2/h15-20H,4-13H2,1-3H3;1-2H3. The summed E-state index contributed by atoms with van der Waals surface area (Å²) in [4.78, 5) is 0. The SMILES string of the molecule is CC.CCC1CCC2CCC3C4CCC(C#N)C4(C)CCC3C2(C)C1. The second-order valence-electron chi connectivity index (χ2n) is 10.0. The highest BCUT2D eigenvalue weighted by Gasteiger charge is 2.60. The van der Waals surface area contributed by atoms with Crippen molar-refractivity contribution < 1.29 is 0 Å². The van der Waals surface area contributed by atoms with Gasteiger partial charge in [0.05, 0.1) is 12.0 Å². The van der Waals surface area contributed by atoms with Crippen molar-refractivity contribution in [1.29, 1.82) is 5.26 Å². The van der Waals surface area contributed by atoms with Crippen LogP contribution in [0.2, 0.25) is 0 Å². The van der Waals surface area contributed by atoms with Crippen molar-refractivity contribution in [3.8, 4) is 6.07 Å². The quantitative estimate of drug-likeness (QED) is 0.493. The number of nitrogens with zero attached hydrogens (tertiary/aromatic N) is 1. The van der Waals surface area contributed by atoms with Crippen LogP contribution in [0.5, 0.6) is 0 Å². The van der Waals surface area contributed by atoms with Crippen LogP contribution in [0.4, 0.5) is 0 Å². The maximum absolute atomic E-state index is 9.62. The molecule has 4 saturated carbocycles. The second kappa shape index (κ2) is 7.25. The highest BCUT2D eigenvalue weighted by atomic mass is 14.6. The van der Waals surface area contributed by atoms with Crippen molar-refractivity contribution in [2.45, 2.75) is 98.8 Å². The molecule has 0 spiro atoms. The smallest absolute Gasteiger partial charge is 0.0661 e. The van der Waals surface area contributed by atoms with Crippen molar-refractivity contribution in [1.82, 2.24) is 0 Å². The van der Waals surface area contributed by atoms with Crippen LogP contribution in [0.25, 0.3) is 0 Å². The van der Waals surface area contributed by atoms with E-state index in [4.69, 9.17) is 0 Å². The highest BCUT2D eigenvalue weighted by Crippen LogP contribution is 2.67. The summed E-state index contributed by atoms with van der Waals surface area (Å²) in [6.07, 6.45) is 14.1. The van der Waals surface area contributed by atoms with Crippen LogP contribution < -0.4 is 0 Å². The molecule has 8 atom stereocenters. The van der Waals surface area contributed by atoms with E-state index in [-0.39, 0.29) is 0 Å². The molecule has 0 radical (unpaired) electrons. The van der Waals surface area contributed by atoms with E-state index in [1.807, 2.05) is 13.8 Å². The molecule has 1 heteroatoms. The third-order valence-corrected chi connectivity index (χ3v) is 9.45. The zero-order valence-corrected chi connectivity index (χ0v) is 17.5. The van der Waals surface area contributed by atoms with E-state index in [2.05, 4.69) is 26.8 Å². The Morgan fingerprint density at radius 3 is 2.24 bits per heavy atom. The van der Waals surface area contributed by atoms with Gasteiger partial charge in [-0.15, -0.1) is 0 Å². The number of rotatable bonds is 1. The molecule has 0 amide bonds. The molecule has 0 aliphatic heterocycles. The molecule has 0 N–H and O–H groups in total. The molecule has 0 bridgehead atoms. The fraction of sp³-hybridized carbons (Fsp3) is 0.958. The third-order valence-electron chi connectivity index (χ3n) is 9.45. The molecule has 4 rings (SSSR count). The van der Waals surface area contributed by atoms with E-state index in [1.54, 1.807) is 0 Å². The normalized spacial score (nSPS) is 51.2. The predicted octanol–water partition coefficient (Wildman–Crippen LogP) is 7.22. The van der Waals surface area contributed by atoms with Crippen molar-refractivity contribution in [3.63, 3.8) is 0 Å². The first-order valence-electron chi connectivity index (χ1n) is 11.4. The zero-order chi connectivity index (χ0) is 18.2. The maximum atomic E-state index is 9.62. The lowest BCUT2D eigenvalue weighted by atomic mass is 9.44. The largest absolute Gasteiger partial charge is 0.198 e. The summed E-state index contributed by atoms with van der Waals surface area (Å²) in [5.74, 6) is 5.08. The van der Waals surface area contributed by atoms with Gasteiger partial charge in [0.1, 0.15) is 0 Å². The van der Waals surface area contributed by atoms with Gasteiger partial charge < -0.3 is 0 Å². The van der Waals surface area contributed by atoms with Crippen LogP contribution in [0.3, 0.4) is 0 Å². The maximum Gasteiger partial charge on any atom is 0.0661 e. The van der Waals surface area contributed by atoms with Crippen molar-refractivity contribution in [2.24, 2.45) is 46.3 Å². The summed E-state index contributed by atoms with van der Waals surface area (Å²) in [7, 11) is 0. The Morgan fingerprint density at radius 1 is 0.880 bits per heavy atom. The van der Waals surface area contributed by atoms with E-state index in [0.29, 0.717) is 16.7 Å². The summed E-state index contributed by atoms with van der Waals surface area (Å²) < 4.78 is 0. The number of hydrogen-bond donors (Lipinski definition) is 0. The van der Waals surface area contributed by atoms with Gasteiger partial charge in [-0.3, -0.25) is 0 Å². The van der Waals surface area contributed by atoms with Crippen LogP contribution in [-0.4, -0.2) is 0 Å². The molecule has 0 heterocycles. The Labute approximate surface area is 157 Å². The van der Waals surface area contributed by atoms with Crippen molar-refractivity contribution >= 4 is 0 Å². The molecule has 4 aliphatic rings. The van der Waals surface area contributed by atoms with Crippen LogP contribution in [0, 0.1) is 57.7 Å². The molecule has 25 heavy (non-hydrogen) atoms. The summed E-state index contributed by atoms with van der Waals surface area (Å²) in [5, 5.41) is 9.62. The minimum Gasteiger partial charge on any atom is -0.198 e. The summed E-state index contributed by atoms with van der Waals surface area (Å²) in [6.45, 7) is 11.6. The summed E-state index contributed by atoms with van der Waals surface area (Å²) >= 11 is 0. The fourth-order valence-corrected chi connectivity index (χ4v) is 8.05. The molecule has 0 aromatic rings. The Morgan fingerprint density at radius 2 is 1.56 bits per heavy atom. The van der Waals surface area contributed by atoms with Gasteiger partial charge in [0.2, 0.25) is 0 Å². The predicted molar refractivity (Wildman–Crippen MR) is 106 cm³/mol. The summed E-state index contributed by atoms with van der Waals surface area (Å²) in [5.41, 5.74) is 0.964. The van der Waals surface area contributed by atoms with E-state index in [0.717, 1.165) is 29.6 Å². The molecule has 4 fully saturated rings. The molecule has 0 aromatic carbocycles. The minimum atomic E-state index is 0.341. The van der Waals surface area contributed by atoms with E-state index >= 15 is 0 Å². The van der Waals surface area contributed by atoms with Crippen LogP contribution in [-0.2, 0) is 0 Å². The molecule has 1 nitrogen and oxygen atoms in total. The molecular formula is C24H41N. The molecule has 8 unspecified atom stereocenters. The van der Waals surface area contributed by atoms with Crippen molar-refractivity contribution in [2.75, 3.05) is 0 Å². The van der Waals surface area contributed by atoms with Crippen molar-refractivity contribution in [3.05, 3.63) is 0 Å². The Hall–Kier alpha value is -0.510. The van der Waals surface area contributed by atoms with E-state index in [1.165, 1.54) is 64.2 Å². The number of fused-ring (bicyclic) bond motifs is 5. The van der Waals surface area contributed by atoms with E-state index < -0.39 is 0 Å². The van der Waals surface area contributed by atoms with Gasteiger partial charge in [-0.05, 0) is 91.8 Å². The minimum absolute atomic E-state index is 0.341. The number of hydrogen-bond acceptors (Lipinski definition) is 1. The van der Waals surface area contributed by atoms with E-state index in [9.17, 15) is 5.26 Å². The van der Waals surface area contributed by atoms with Crippen LogP contribution in [0.1, 0.15) is 98.8 Å². The molecular weight excluding hydrogens is 302 g/mol. The van der Waals surface area contributed by atoms with Crippen LogP contribution >= 0.6 is 0 Å². The average molecular weight is 344 g/mol. The molecule has 0 aromatic heterocycles. The average Bonchev–Trinajstić information content (AvgIpc) is 2.98. The summed E-state index contributed by atoms with van der Waals surface area (Å²) in [6, 6.07) is 2.68. The Balaban J connectivity index is 0.000000880. The first kappa shape index (κ1) is 19.3. The molecule has 142 valence electrons. The van der Waals surface area contributed by atoms with Crippen LogP contribution in [0.15, 0.2) is 0 Å². The zero-order valence-electron chi connectivity index (χ0n) is 17.5. The van der Waals surface area contributed by atoms with Gasteiger partial charge in [-0.25, -0.2) is 0 Å². The molecule has 4 aliphatic carbocycles. The monoisotopic (exact) mass is 343 g/mol. The first-order valence-corrected chi connectivity index (χ1v) is 11.4.